The van der Waals surface area contributed by atoms with Gasteiger partial charge >= 0.3 is 0 Å². The van der Waals surface area contributed by atoms with E-state index in [4.69, 9.17) is 4.42 Å². The molecule has 0 saturated heterocycles. The molecule has 1 amide bonds. The van der Waals surface area contributed by atoms with Crippen molar-refractivity contribution in [2.75, 3.05) is 13.1 Å². The summed E-state index contributed by atoms with van der Waals surface area (Å²) in [6.07, 6.45) is 1.43. The summed E-state index contributed by atoms with van der Waals surface area (Å²) in [5.74, 6) is -0.116. The minimum Gasteiger partial charge on any atom is -0.457 e. The Hall–Kier alpha value is -0.520. The van der Waals surface area contributed by atoms with Crippen LogP contribution in [0, 0.1) is 0 Å². The van der Waals surface area contributed by atoms with Gasteiger partial charge in [0.05, 0.1) is 5.56 Å². The maximum absolute atomic E-state index is 11.5. The molecule has 0 bridgehead atoms. The molecule has 92 valence electrons. The average Bonchev–Trinajstić information content (AvgIpc) is 2.62. The second-order valence-electron chi connectivity index (χ2n) is 3.31. The topological polar surface area (TPSA) is 54.3 Å². The van der Waals surface area contributed by atoms with E-state index in [1.54, 1.807) is 6.07 Å². The van der Waals surface area contributed by atoms with E-state index < -0.39 is 0 Å². The van der Waals surface area contributed by atoms with Crippen LogP contribution in [0.2, 0.25) is 0 Å². The van der Waals surface area contributed by atoms with Crippen LogP contribution in [-0.2, 0) is 0 Å². The first-order chi connectivity index (χ1) is 7.13. The summed E-state index contributed by atoms with van der Waals surface area (Å²) in [5, 5.41) is 6.02. The lowest BCUT2D eigenvalue weighted by atomic mass is 10.3. The van der Waals surface area contributed by atoms with Crippen molar-refractivity contribution < 1.29 is 9.21 Å². The van der Waals surface area contributed by atoms with Gasteiger partial charge in [0.25, 0.3) is 5.91 Å². The normalized spacial score (nSPS) is 11.7. The Morgan fingerprint density at radius 2 is 2.31 bits per heavy atom. The summed E-state index contributed by atoms with van der Waals surface area (Å²) >= 11 is 3.15. The summed E-state index contributed by atoms with van der Waals surface area (Å²) in [4.78, 5) is 11.5. The van der Waals surface area contributed by atoms with Crippen molar-refractivity contribution in [2.24, 2.45) is 0 Å². The lowest BCUT2D eigenvalue weighted by molar-refractivity contribution is 0.0949. The van der Waals surface area contributed by atoms with Gasteiger partial charge < -0.3 is 15.1 Å². The van der Waals surface area contributed by atoms with E-state index in [0.29, 0.717) is 16.8 Å². The fourth-order valence-electron chi connectivity index (χ4n) is 1.20. The average molecular weight is 312 g/mol. The SMILES string of the molecule is CCN[C@H](C)CNC(=O)c1coc(Br)c1.Cl. The number of furan rings is 1. The molecule has 1 aromatic heterocycles. The smallest absolute Gasteiger partial charge is 0.254 e. The number of rotatable bonds is 5. The summed E-state index contributed by atoms with van der Waals surface area (Å²) in [5.41, 5.74) is 0.533. The number of hydrogen-bond acceptors (Lipinski definition) is 3. The van der Waals surface area contributed by atoms with Crippen LogP contribution in [0.4, 0.5) is 0 Å². The van der Waals surface area contributed by atoms with Crippen molar-refractivity contribution in [2.45, 2.75) is 19.9 Å². The Kier molecular flexibility index (Phi) is 7.45. The van der Waals surface area contributed by atoms with Crippen LogP contribution in [0.5, 0.6) is 0 Å². The van der Waals surface area contributed by atoms with Crippen LogP contribution >= 0.6 is 28.3 Å². The molecule has 0 aromatic carbocycles. The molecule has 0 aliphatic rings. The van der Waals surface area contributed by atoms with Gasteiger partial charge in [-0.15, -0.1) is 12.4 Å². The molecule has 1 aromatic rings. The maximum atomic E-state index is 11.5. The molecule has 0 radical (unpaired) electrons. The van der Waals surface area contributed by atoms with Gasteiger partial charge in [0.15, 0.2) is 4.67 Å². The zero-order valence-electron chi connectivity index (χ0n) is 9.25. The Labute approximate surface area is 110 Å². The molecule has 0 fully saturated rings. The number of hydrogen-bond donors (Lipinski definition) is 2. The highest BCUT2D eigenvalue weighted by atomic mass is 79.9. The highest BCUT2D eigenvalue weighted by Gasteiger charge is 2.09. The molecule has 0 unspecified atom stereocenters. The van der Waals surface area contributed by atoms with Gasteiger partial charge in [0.2, 0.25) is 0 Å². The molecule has 1 heterocycles. The van der Waals surface area contributed by atoms with Gasteiger partial charge in [-0.1, -0.05) is 6.92 Å². The molecule has 6 heteroatoms. The van der Waals surface area contributed by atoms with Crippen LogP contribution in [-0.4, -0.2) is 25.0 Å². The van der Waals surface area contributed by atoms with Crippen molar-refractivity contribution in [1.82, 2.24) is 10.6 Å². The first-order valence-electron chi connectivity index (χ1n) is 4.89. The van der Waals surface area contributed by atoms with Gasteiger partial charge in [0.1, 0.15) is 6.26 Å². The van der Waals surface area contributed by atoms with E-state index in [1.807, 2.05) is 13.8 Å². The minimum absolute atomic E-state index is 0. The fraction of sp³-hybridized carbons (Fsp3) is 0.500. The Morgan fingerprint density at radius 3 is 2.81 bits per heavy atom. The second kappa shape index (κ2) is 7.70. The van der Waals surface area contributed by atoms with E-state index in [9.17, 15) is 4.79 Å². The van der Waals surface area contributed by atoms with Crippen LogP contribution in [0.3, 0.4) is 0 Å². The van der Waals surface area contributed by atoms with E-state index in [1.165, 1.54) is 6.26 Å². The van der Waals surface area contributed by atoms with Gasteiger partial charge in [-0.25, -0.2) is 0 Å². The summed E-state index contributed by atoms with van der Waals surface area (Å²) < 4.78 is 5.54. The Morgan fingerprint density at radius 1 is 1.62 bits per heavy atom. The standard InChI is InChI=1S/C10H15BrN2O2.ClH/c1-3-12-7(2)5-13-10(14)8-4-9(11)15-6-8;/h4,6-7,12H,3,5H2,1-2H3,(H,13,14);1H/t7-;/m1./s1. The minimum atomic E-state index is -0.116. The van der Waals surface area contributed by atoms with Crippen LogP contribution < -0.4 is 10.6 Å². The largest absolute Gasteiger partial charge is 0.457 e. The van der Waals surface area contributed by atoms with Crippen LogP contribution in [0.25, 0.3) is 0 Å². The zero-order chi connectivity index (χ0) is 11.3. The predicted octanol–water partition coefficient (Wildman–Crippen LogP) is 2.19. The predicted molar refractivity (Wildman–Crippen MR) is 69.1 cm³/mol. The third-order valence-electron chi connectivity index (χ3n) is 1.95. The molecule has 0 spiro atoms. The first-order valence-corrected chi connectivity index (χ1v) is 5.68. The lowest BCUT2D eigenvalue weighted by Gasteiger charge is -2.12. The number of likely N-dealkylation sites (N-methyl/N-ethyl adjacent to an activating group) is 1. The summed E-state index contributed by atoms with van der Waals surface area (Å²) in [6, 6.07) is 1.92. The fourth-order valence-corrected chi connectivity index (χ4v) is 1.54. The van der Waals surface area contributed by atoms with Gasteiger partial charge in [-0.05, 0) is 29.4 Å². The van der Waals surface area contributed by atoms with Crippen molar-refractivity contribution in [3.63, 3.8) is 0 Å². The van der Waals surface area contributed by atoms with Gasteiger partial charge in [-0.3, -0.25) is 4.79 Å². The highest BCUT2D eigenvalue weighted by molar-refractivity contribution is 9.10. The molecule has 2 N–H and O–H groups in total. The number of carbonyl (C=O) groups is 1. The van der Waals surface area contributed by atoms with Crippen molar-refractivity contribution in [3.05, 3.63) is 22.6 Å². The molecular formula is C10H16BrClN2O2. The number of amides is 1. The monoisotopic (exact) mass is 310 g/mol. The van der Waals surface area contributed by atoms with Crippen LogP contribution in [0.15, 0.2) is 21.4 Å². The molecule has 4 nitrogen and oxygen atoms in total. The molecule has 16 heavy (non-hydrogen) atoms. The quantitative estimate of drug-likeness (QED) is 0.876. The summed E-state index contributed by atoms with van der Waals surface area (Å²) in [6.45, 7) is 5.56. The van der Waals surface area contributed by atoms with E-state index in [2.05, 4.69) is 26.6 Å². The Balaban J connectivity index is 0.00000225. The zero-order valence-corrected chi connectivity index (χ0v) is 11.7. The molecule has 0 aliphatic carbocycles. The third kappa shape index (κ3) is 5.01. The lowest BCUT2D eigenvalue weighted by Crippen LogP contribution is -2.38. The molecule has 0 saturated carbocycles. The summed E-state index contributed by atoms with van der Waals surface area (Å²) in [7, 11) is 0. The van der Waals surface area contributed by atoms with E-state index >= 15 is 0 Å². The second-order valence-corrected chi connectivity index (χ2v) is 4.09. The number of nitrogens with one attached hydrogen (secondary N) is 2. The molecular weight excluding hydrogens is 295 g/mol. The van der Waals surface area contributed by atoms with Gasteiger partial charge in [0, 0.05) is 18.7 Å². The highest BCUT2D eigenvalue weighted by Crippen LogP contribution is 2.13. The van der Waals surface area contributed by atoms with Crippen molar-refractivity contribution >= 4 is 34.2 Å². The first kappa shape index (κ1) is 15.5. The van der Waals surface area contributed by atoms with Crippen LogP contribution in [0.1, 0.15) is 24.2 Å². The van der Waals surface area contributed by atoms with E-state index in [-0.39, 0.29) is 24.4 Å². The molecule has 1 rings (SSSR count). The molecule has 0 aliphatic heterocycles. The number of carbonyl (C=O) groups excluding carboxylic acids is 1. The Bertz CT molecular complexity index is 330. The van der Waals surface area contributed by atoms with E-state index in [0.717, 1.165) is 6.54 Å². The third-order valence-corrected chi connectivity index (χ3v) is 2.37. The number of halogens is 2. The van der Waals surface area contributed by atoms with Gasteiger partial charge in [-0.2, -0.15) is 0 Å². The van der Waals surface area contributed by atoms with Crippen molar-refractivity contribution in [1.29, 1.82) is 0 Å². The maximum Gasteiger partial charge on any atom is 0.254 e. The van der Waals surface area contributed by atoms with Crippen molar-refractivity contribution in [3.8, 4) is 0 Å². The molecule has 1 atom stereocenters.